The number of halogens is 1. The zero-order valence-electron chi connectivity index (χ0n) is 11.6. The first kappa shape index (κ1) is 14.7. The van der Waals surface area contributed by atoms with E-state index in [2.05, 4.69) is 19.2 Å². The topological polar surface area (TPSA) is 29.1 Å². The number of nitrogens with one attached hydrogen (secondary N) is 1. The molecular weight excluding hydrogens is 229 g/mol. The van der Waals surface area contributed by atoms with Gasteiger partial charge in [0.1, 0.15) is 5.82 Å². The second-order valence-corrected chi connectivity index (χ2v) is 5.33. The third-order valence-electron chi connectivity index (χ3n) is 2.92. The van der Waals surface area contributed by atoms with Crippen LogP contribution in [-0.2, 0) is 0 Å². The van der Waals surface area contributed by atoms with E-state index in [1.165, 1.54) is 6.07 Å². The number of benzene rings is 1. The molecule has 100 valence electrons. The lowest BCUT2D eigenvalue weighted by molar-refractivity contribution is 0.0933. The van der Waals surface area contributed by atoms with E-state index in [0.29, 0.717) is 5.92 Å². The molecule has 3 heteroatoms. The van der Waals surface area contributed by atoms with Crippen molar-refractivity contribution in [3.8, 4) is 0 Å². The first-order valence-electron chi connectivity index (χ1n) is 6.47. The highest BCUT2D eigenvalue weighted by molar-refractivity contribution is 5.94. The molecule has 18 heavy (non-hydrogen) atoms. The summed E-state index contributed by atoms with van der Waals surface area (Å²) in [5, 5.41) is 2.84. The molecule has 2 nitrogen and oxygen atoms in total. The van der Waals surface area contributed by atoms with Crippen molar-refractivity contribution in [3.63, 3.8) is 0 Å². The van der Waals surface area contributed by atoms with Crippen LogP contribution in [-0.4, -0.2) is 11.9 Å². The minimum absolute atomic E-state index is 0.0693. The SMILES string of the molecule is Cc1ccc(F)c(C(=O)NC(C)CCC(C)C)c1. The smallest absolute Gasteiger partial charge is 0.254 e. The van der Waals surface area contributed by atoms with Gasteiger partial charge < -0.3 is 5.32 Å². The van der Waals surface area contributed by atoms with Crippen LogP contribution in [0.2, 0.25) is 0 Å². The van der Waals surface area contributed by atoms with Crippen molar-refractivity contribution in [2.24, 2.45) is 5.92 Å². The summed E-state index contributed by atoms with van der Waals surface area (Å²) in [4.78, 5) is 11.9. The Kier molecular flexibility index (Phi) is 5.32. The second-order valence-electron chi connectivity index (χ2n) is 5.33. The summed E-state index contributed by atoms with van der Waals surface area (Å²) in [6.07, 6.45) is 1.97. The number of carbonyl (C=O) groups excluding carboxylic acids is 1. The van der Waals surface area contributed by atoms with Crippen LogP contribution in [0.25, 0.3) is 0 Å². The standard InChI is InChI=1S/C15H22FNO/c1-10(2)5-7-12(4)17-15(18)13-9-11(3)6-8-14(13)16/h6,8-10,12H,5,7H2,1-4H3,(H,17,18). The summed E-state index contributed by atoms with van der Waals surface area (Å²) in [6, 6.07) is 4.65. The van der Waals surface area contributed by atoms with Crippen molar-refractivity contribution in [3.05, 3.63) is 35.1 Å². The van der Waals surface area contributed by atoms with E-state index >= 15 is 0 Å². The summed E-state index contributed by atoms with van der Waals surface area (Å²) in [5.74, 6) is -0.179. The van der Waals surface area contributed by atoms with Crippen LogP contribution in [0, 0.1) is 18.7 Å². The van der Waals surface area contributed by atoms with Gasteiger partial charge in [0.2, 0.25) is 0 Å². The van der Waals surface area contributed by atoms with Gasteiger partial charge >= 0.3 is 0 Å². The van der Waals surface area contributed by atoms with Crippen molar-refractivity contribution in [2.45, 2.75) is 46.6 Å². The fourth-order valence-corrected chi connectivity index (χ4v) is 1.77. The van der Waals surface area contributed by atoms with Crippen LogP contribution in [0.4, 0.5) is 4.39 Å². The number of carbonyl (C=O) groups is 1. The lowest BCUT2D eigenvalue weighted by atomic mass is 10.0. The van der Waals surface area contributed by atoms with Gasteiger partial charge in [-0.2, -0.15) is 0 Å². The van der Waals surface area contributed by atoms with E-state index in [9.17, 15) is 9.18 Å². The first-order chi connectivity index (χ1) is 8.40. The number of amides is 1. The molecular formula is C15H22FNO. The summed E-state index contributed by atoms with van der Waals surface area (Å²) in [5.41, 5.74) is 1.02. The summed E-state index contributed by atoms with van der Waals surface area (Å²) in [7, 11) is 0. The van der Waals surface area contributed by atoms with Crippen molar-refractivity contribution in [1.29, 1.82) is 0 Å². The van der Waals surface area contributed by atoms with Gasteiger partial charge in [0.05, 0.1) is 5.56 Å². The Balaban J connectivity index is 2.62. The summed E-state index contributed by atoms with van der Waals surface area (Å²) >= 11 is 0. The largest absolute Gasteiger partial charge is 0.349 e. The van der Waals surface area contributed by atoms with Crippen molar-refractivity contribution in [2.75, 3.05) is 0 Å². The molecule has 0 spiro atoms. The van der Waals surface area contributed by atoms with Crippen LogP contribution < -0.4 is 5.32 Å². The van der Waals surface area contributed by atoms with E-state index in [1.807, 2.05) is 13.8 Å². The molecule has 1 aromatic rings. The summed E-state index contributed by atoms with van der Waals surface area (Å²) in [6.45, 7) is 8.09. The Morgan fingerprint density at radius 1 is 1.28 bits per heavy atom. The molecule has 0 heterocycles. The fourth-order valence-electron chi connectivity index (χ4n) is 1.77. The van der Waals surface area contributed by atoms with Crippen molar-refractivity contribution < 1.29 is 9.18 Å². The number of hydrogen-bond donors (Lipinski definition) is 1. The van der Waals surface area contributed by atoms with Gasteiger partial charge in [-0.1, -0.05) is 25.5 Å². The van der Waals surface area contributed by atoms with E-state index < -0.39 is 5.82 Å². The molecule has 0 aromatic heterocycles. The zero-order chi connectivity index (χ0) is 13.7. The van der Waals surface area contributed by atoms with Gasteiger partial charge in [-0.05, 0) is 44.7 Å². The average Bonchev–Trinajstić information content (AvgIpc) is 2.29. The van der Waals surface area contributed by atoms with Crippen LogP contribution in [0.1, 0.15) is 49.5 Å². The van der Waals surface area contributed by atoms with Crippen molar-refractivity contribution in [1.82, 2.24) is 5.32 Å². The lowest BCUT2D eigenvalue weighted by Crippen LogP contribution is -2.33. The number of rotatable bonds is 5. The van der Waals surface area contributed by atoms with Crippen LogP contribution >= 0.6 is 0 Å². The molecule has 1 rings (SSSR count). The van der Waals surface area contributed by atoms with E-state index in [1.54, 1.807) is 12.1 Å². The molecule has 0 bridgehead atoms. The molecule has 0 aliphatic rings. The molecule has 0 aliphatic heterocycles. The van der Waals surface area contributed by atoms with Crippen LogP contribution in [0.3, 0.4) is 0 Å². The highest BCUT2D eigenvalue weighted by Gasteiger charge is 2.14. The summed E-state index contributed by atoms with van der Waals surface area (Å²) < 4.78 is 13.5. The molecule has 0 saturated carbocycles. The number of hydrogen-bond acceptors (Lipinski definition) is 1. The quantitative estimate of drug-likeness (QED) is 0.849. The third-order valence-corrected chi connectivity index (χ3v) is 2.92. The molecule has 1 atom stereocenters. The Bertz CT molecular complexity index is 415. The maximum atomic E-state index is 13.5. The van der Waals surface area contributed by atoms with Crippen LogP contribution in [0.5, 0.6) is 0 Å². The normalized spacial score (nSPS) is 12.6. The highest BCUT2D eigenvalue weighted by atomic mass is 19.1. The average molecular weight is 251 g/mol. The molecule has 0 fully saturated rings. The second kappa shape index (κ2) is 6.53. The highest BCUT2D eigenvalue weighted by Crippen LogP contribution is 2.11. The lowest BCUT2D eigenvalue weighted by Gasteiger charge is -2.15. The van der Waals surface area contributed by atoms with Gasteiger partial charge in [-0.3, -0.25) is 4.79 Å². The maximum absolute atomic E-state index is 13.5. The minimum atomic E-state index is -0.464. The van der Waals surface area contributed by atoms with Gasteiger partial charge in [-0.25, -0.2) is 4.39 Å². The molecule has 1 amide bonds. The first-order valence-corrected chi connectivity index (χ1v) is 6.47. The molecule has 0 aliphatic carbocycles. The maximum Gasteiger partial charge on any atom is 0.254 e. The Hall–Kier alpha value is -1.38. The Morgan fingerprint density at radius 2 is 1.94 bits per heavy atom. The Labute approximate surface area is 109 Å². The Morgan fingerprint density at radius 3 is 2.56 bits per heavy atom. The molecule has 0 radical (unpaired) electrons. The van der Waals surface area contributed by atoms with Gasteiger partial charge in [0, 0.05) is 6.04 Å². The fraction of sp³-hybridized carbons (Fsp3) is 0.533. The van der Waals surface area contributed by atoms with Gasteiger partial charge in [0.15, 0.2) is 0 Å². The molecule has 1 aromatic carbocycles. The minimum Gasteiger partial charge on any atom is -0.349 e. The predicted molar refractivity (Wildman–Crippen MR) is 72.1 cm³/mol. The molecule has 1 N–H and O–H groups in total. The zero-order valence-corrected chi connectivity index (χ0v) is 11.6. The van der Waals surface area contributed by atoms with Gasteiger partial charge in [-0.15, -0.1) is 0 Å². The molecule has 0 saturated heterocycles. The predicted octanol–water partition coefficient (Wildman–Crippen LogP) is 3.69. The third kappa shape index (κ3) is 4.47. The van der Waals surface area contributed by atoms with E-state index in [-0.39, 0.29) is 17.5 Å². The monoisotopic (exact) mass is 251 g/mol. The van der Waals surface area contributed by atoms with E-state index in [4.69, 9.17) is 0 Å². The van der Waals surface area contributed by atoms with Crippen molar-refractivity contribution >= 4 is 5.91 Å². The number of aryl methyl sites for hydroxylation is 1. The van der Waals surface area contributed by atoms with Gasteiger partial charge in [0.25, 0.3) is 5.91 Å². The molecule has 1 unspecified atom stereocenters. The van der Waals surface area contributed by atoms with Crippen LogP contribution in [0.15, 0.2) is 18.2 Å². The van der Waals surface area contributed by atoms with E-state index in [0.717, 1.165) is 18.4 Å².